The van der Waals surface area contributed by atoms with Crippen LogP contribution in [0.3, 0.4) is 0 Å². The van der Waals surface area contributed by atoms with Crippen molar-refractivity contribution in [1.82, 2.24) is 19.5 Å². The van der Waals surface area contributed by atoms with Crippen molar-refractivity contribution in [3.63, 3.8) is 0 Å². The number of ether oxygens (including phenoxy) is 1. The van der Waals surface area contributed by atoms with Gasteiger partial charge >= 0.3 is 0 Å². The molecule has 3 rings (SSSR count). The normalized spacial score (nSPS) is 12.8. The first-order chi connectivity index (χ1) is 15.7. The van der Waals surface area contributed by atoms with Crippen molar-refractivity contribution < 1.29 is 14.9 Å². The maximum atomic E-state index is 10.5. The molecular weight excluding hydrogens is 420 g/mol. The van der Waals surface area contributed by atoms with E-state index in [9.17, 15) is 10.2 Å². The van der Waals surface area contributed by atoms with E-state index < -0.39 is 5.60 Å². The van der Waals surface area contributed by atoms with Gasteiger partial charge in [0.1, 0.15) is 0 Å². The summed E-state index contributed by atoms with van der Waals surface area (Å²) in [6.45, 7) is 10.2. The van der Waals surface area contributed by atoms with E-state index in [1.165, 1.54) is 7.11 Å². The minimum absolute atomic E-state index is 0.0896. The van der Waals surface area contributed by atoms with Crippen LogP contribution in [0.2, 0.25) is 0 Å². The summed E-state index contributed by atoms with van der Waals surface area (Å²) in [7, 11) is 1.52. The number of phenols is 1. The van der Waals surface area contributed by atoms with E-state index in [0.29, 0.717) is 41.6 Å². The number of anilines is 2. The molecule has 0 saturated carbocycles. The molecule has 1 unspecified atom stereocenters. The molecule has 0 spiro atoms. The fourth-order valence-corrected chi connectivity index (χ4v) is 4.04. The molecule has 0 aliphatic rings. The van der Waals surface area contributed by atoms with Crippen LogP contribution in [0.25, 0.3) is 11.2 Å². The second-order valence-corrected chi connectivity index (χ2v) is 8.77. The Morgan fingerprint density at radius 3 is 2.45 bits per heavy atom. The van der Waals surface area contributed by atoms with E-state index in [1.807, 2.05) is 25.4 Å². The van der Waals surface area contributed by atoms with E-state index in [0.717, 1.165) is 18.5 Å². The van der Waals surface area contributed by atoms with Crippen LogP contribution in [0, 0.1) is 0 Å². The second-order valence-electron chi connectivity index (χ2n) is 8.77. The van der Waals surface area contributed by atoms with E-state index in [2.05, 4.69) is 39.0 Å². The number of methoxy groups -OCH3 is 1. The van der Waals surface area contributed by atoms with Gasteiger partial charge < -0.3 is 30.2 Å². The average molecular weight is 457 g/mol. The van der Waals surface area contributed by atoms with Crippen LogP contribution in [0.5, 0.6) is 11.5 Å². The highest BCUT2D eigenvalue weighted by Crippen LogP contribution is 2.31. The van der Waals surface area contributed by atoms with Gasteiger partial charge in [-0.15, -0.1) is 0 Å². The number of fused-ring (bicyclic) bond motifs is 1. The Labute approximate surface area is 195 Å². The van der Waals surface area contributed by atoms with Gasteiger partial charge in [-0.2, -0.15) is 9.97 Å². The topological polar surface area (TPSA) is 117 Å². The molecule has 180 valence electrons. The number of hydrogen-bond acceptors (Lipinski definition) is 8. The Balaban J connectivity index is 2.03. The predicted molar refractivity (Wildman–Crippen MR) is 131 cm³/mol. The third kappa shape index (κ3) is 5.30. The number of hydrogen-bond donors (Lipinski definition) is 4. The zero-order chi connectivity index (χ0) is 24.2. The summed E-state index contributed by atoms with van der Waals surface area (Å²) in [6.07, 6.45) is 4.42. The molecule has 3 aromatic rings. The Morgan fingerprint density at radius 1 is 1.12 bits per heavy atom. The first kappa shape index (κ1) is 24.6. The van der Waals surface area contributed by atoms with Crippen molar-refractivity contribution in [1.29, 1.82) is 0 Å². The van der Waals surface area contributed by atoms with Gasteiger partial charge in [-0.25, -0.2) is 4.98 Å². The number of aromatic nitrogens is 4. The molecule has 1 atom stereocenters. The molecule has 0 radical (unpaired) electrons. The Morgan fingerprint density at radius 2 is 1.85 bits per heavy atom. The van der Waals surface area contributed by atoms with Crippen LogP contribution in [0.1, 0.15) is 65.5 Å². The van der Waals surface area contributed by atoms with Crippen molar-refractivity contribution in [3.8, 4) is 11.5 Å². The van der Waals surface area contributed by atoms with Crippen LogP contribution in [0.4, 0.5) is 11.8 Å². The molecule has 9 nitrogen and oxygen atoms in total. The zero-order valence-electron chi connectivity index (χ0n) is 20.4. The number of aromatic hydroxyl groups is 1. The molecule has 0 fully saturated rings. The third-order valence-corrected chi connectivity index (χ3v) is 6.07. The SMILES string of the molecule is CCC(CC)n1cnc2c(NCc3cccc(OC)c3O)nc(NC(CC)C(C)(C)O)nc21. The van der Waals surface area contributed by atoms with Crippen LogP contribution in [0.15, 0.2) is 24.5 Å². The summed E-state index contributed by atoms with van der Waals surface area (Å²) in [4.78, 5) is 14.1. The van der Waals surface area contributed by atoms with Gasteiger partial charge in [0.05, 0.1) is 25.1 Å². The number of imidazole rings is 1. The van der Waals surface area contributed by atoms with E-state index >= 15 is 0 Å². The largest absolute Gasteiger partial charge is 0.504 e. The number of aliphatic hydroxyl groups is 1. The molecule has 1 aromatic carbocycles. The molecule has 4 N–H and O–H groups in total. The van der Waals surface area contributed by atoms with Gasteiger partial charge in [-0.05, 0) is 39.2 Å². The first-order valence-corrected chi connectivity index (χ1v) is 11.6. The van der Waals surface area contributed by atoms with Crippen molar-refractivity contribution in [2.75, 3.05) is 17.7 Å². The fraction of sp³-hybridized carbons (Fsp3) is 0.542. The fourth-order valence-electron chi connectivity index (χ4n) is 4.04. The average Bonchev–Trinajstić information content (AvgIpc) is 3.20. The molecule has 0 aliphatic carbocycles. The van der Waals surface area contributed by atoms with Gasteiger partial charge in [0.15, 0.2) is 28.5 Å². The monoisotopic (exact) mass is 456 g/mol. The van der Waals surface area contributed by atoms with Gasteiger partial charge in [-0.3, -0.25) is 0 Å². The van der Waals surface area contributed by atoms with Crippen LogP contribution in [-0.4, -0.2) is 48.5 Å². The third-order valence-electron chi connectivity index (χ3n) is 6.07. The summed E-state index contributed by atoms with van der Waals surface area (Å²) < 4.78 is 7.30. The summed E-state index contributed by atoms with van der Waals surface area (Å²) in [5.41, 5.74) is 1.12. The summed E-state index contributed by atoms with van der Waals surface area (Å²) in [6, 6.07) is 5.41. The standard InChI is InChI=1S/C24H36N6O3/c1-7-16(8-2)30-14-26-19-21(25-13-15-11-10-12-17(33-6)20(15)31)28-23(29-22(19)30)27-18(9-3)24(4,5)32/h10-12,14,16,18,31-32H,7-9,13H2,1-6H3,(H2,25,27,28,29). The molecule has 0 bridgehead atoms. The smallest absolute Gasteiger partial charge is 0.227 e. The Hall–Kier alpha value is -3.07. The predicted octanol–water partition coefficient (Wildman–Crippen LogP) is 4.48. The van der Waals surface area contributed by atoms with Gasteiger partial charge in [0.2, 0.25) is 5.95 Å². The molecule has 0 saturated heterocycles. The number of phenolic OH excluding ortho intramolecular Hbond substituents is 1. The van der Waals surface area contributed by atoms with Crippen molar-refractivity contribution in [2.45, 2.75) is 78.1 Å². The van der Waals surface area contributed by atoms with Gasteiger partial charge in [0, 0.05) is 18.2 Å². The highest BCUT2D eigenvalue weighted by molar-refractivity contribution is 5.84. The summed E-state index contributed by atoms with van der Waals surface area (Å²) >= 11 is 0. The van der Waals surface area contributed by atoms with E-state index in [4.69, 9.17) is 9.72 Å². The number of nitrogens with one attached hydrogen (secondary N) is 2. The van der Waals surface area contributed by atoms with E-state index in [1.54, 1.807) is 19.9 Å². The van der Waals surface area contributed by atoms with Crippen LogP contribution >= 0.6 is 0 Å². The molecule has 2 aromatic heterocycles. The second kappa shape index (κ2) is 10.2. The van der Waals surface area contributed by atoms with Crippen LogP contribution in [-0.2, 0) is 6.54 Å². The Kier molecular flexibility index (Phi) is 7.63. The lowest BCUT2D eigenvalue weighted by Gasteiger charge is -2.29. The van der Waals surface area contributed by atoms with Gasteiger partial charge in [0.25, 0.3) is 0 Å². The maximum Gasteiger partial charge on any atom is 0.227 e. The molecule has 0 aliphatic heterocycles. The number of rotatable bonds is 11. The zero-order valence-corrected chi connectivity index (χ0v) is 20.4. The van der Waals surface area contributed by atoms with Gasteiger partial charge in [-0.1, -0.05) is 32.9 Å². The molecular formula is C24H36N6O3. The van der Waals surface area contributed by atoms with E-state index in [-0.39, 0.29) is 17.8 Å². The maximum absolute atomic E-state index is 10.5. The number of para-hydroxylation sites is 1. The quantitative estimate of drug-likeness (QED) is 0.334. The minimum Gasteiger partial charge on any atom is -0.504 e. The first-order valence-electron chi connectivity index (χ1n) is 11.6. The number of benzene rings is 1. The minimum atomic E-state index is -0.942. The lowest BCUT2D eigenvalue weighted by atomic mass is 9.97. The summed E-state index contributed by atoms with van der Waals surface area (Å²) in [5, 5.41) is 27.6. The lowest BCUT2D eigenvalue weighted by molar-refractivity contribution is 0.0577. The van der Waals surface area contributed by atoms with Crippen molar-refractivity contribution in [2.24, 2.45) is 0 Å². The highest BCUT2D eigenvalue weighted by Gasteiger charge is 2.27. The summed E-state index contributed by atoms with van der Waals surface area (Å²) in [5.74, 6) is 1.48. The van der Waals surface area contributed by atoms with Crippen LogP contribution < -0.4 is 15.4 Å². The van der Waals surface area contributed by atoms with Crippen molar-refractivity contribution >= 4 is 22.9 Å². The molecule has 33 heavy (non-hydrogen) atoms. The molecule has 2 heterocycles. The highest BCUT2D eigenvalue weighted by atomic mass is 16.5. The lowest BCUT2D eigenvalue weighted by Crippen LogP contribution is -2.41. The molecule has 9 heteroatoms. The Bertz CT molecular complexity index is 1070. The number of nitrogens with zero attached hydrogens (tertiary/aromatic N) is 4. The van der Waals surface area contributed by atoms with Crippen molar-refractivity contribution in [3.05, 3.63) is 30.1 Å². The molecule has 0 amide bonds.